The first-order valence-electron chi connectivity index (χ1n) is 23.9. The largest absolute Gasteiger partial charge is 0.348 e. The fourth-order valence-electron chi connectivity index (χ4n) is 8.50. The van der Waals surface area contributed by atoms with Crippen LogP contribution in [-0.2, 0) is 0 Å². The molecular weight excluding hydrogens is 605 g/mol. The van der Waals surface area contributed by atoms with Gasteiger partial charge in [0.25, 0.3) is 0 Å². The van der Waals surface area contributed by atoms with E-state index < -0.39 is 0 Å². The quantitative estimate of drug-likeness (QED) is 0.0339. The van der Waals surface area contributed by atoms with Crippen LogP contribution in [0.2, 0.25) is 0 Å². The summed E-state index contributed by atoms with van der Waals surface area (Å²) >= 11 is 0. The molecule has 0 aromatic carbocycles. The average Bonchev–Trinajstić information content (AvgIpc) is 3.46. The van der Waals surface area contributed by atoms with Gasteiger partial charge >= 0.3 is 5.84 Å². The Kier molecular flexibility index (Phi) is 34.8. The molecule has 0 amide bonds. The van der Waals surface area contributed by atoms with Gasteiger partial charge in [-0.05, 0) is 38.5 Å². The molecule has 2 nitrogen and oxygen atoms in total. The fourth-order valence-corrected chi connectivity index (χ4v) is 8.50. The third-order valence-corrected chi connectivity index (χ3v) is 12.0. The van der Waals surface area contributed by atoms with Crippen molar-refractivity contribution in [2.75, 3.05) is 19.6 Å². The zero-order valence-corrected chi connectivity index (χ0v) is 35.5. The van der Waals surface area contributed by atoms with Gasteiger partial charge < -0.3 is 0 Å². The lowest BCUT2D eigenvalue weighted by Crippen LogP contribution is -2.50. The van der Waals surface area contributed by atoms with Crippen molar-refractivity contribution in [3.05, 3.63) is 12.4 Å². The zero-order valence-electron chi connectivity index (χ0n) is 35.5. The van der Waals surface area contributed by atoms with Gasteiger partial charge in [0.15, 0.2) is 12.7 Å². The molecule has 1 aliphatic heterocycles. The highest BCUT2D eigenvalue weighted by Gasteiger charge is 2.42. The highest BCUT2D eigenvalue weighted by Crippen LogP contribution is 2.26. The topological polar surface area (TPSA) is 3.01 Å². The Morgan fingerprint density at radius 2 is 0.620 bits per heavy atom. The molecule has 0 fully saturated rings. The zero-order chi connectivity index (χ0) is 36.1. The van der Waals surface area contributed by atoms with E-state index in [0.717, 1.165) is 0 Å². The predicted molar refractivity (Wildman–Crippen MR) is 227 cm³/mol. The molecule has 0 saturated heterocycles. The van der Waals surface area contributed by atoms with Gasteiger partial charge in [0.1, 0.15) is 0 Å². The molecule has 2 heteroatoms. The number of amidine groups is 1. The van der Waals surface area contributed by atoms with E-state index in [2.05, 4.69) is 44.7 Å². The number of rotatable bonds is 41. The van der Waals surface area contributed by atoms with Crippen LogP contribution in [0.1, 0.15) is 272 Å². The van der Waals surface area contributed by atoms with Gasteiger partial charge in [-0.1, -0.05) is 220 Å². The molecule has 0 aromatic heterocycles. The van der Waals surface area contributed by atoms with E-state index in [1.54, 1.807) is 5.84 Å². The second-order valence-corrected chi connectivity index (χ2v) is 16.8. The first-order chi connectivity index (χ1) is 24.7. The Balaban J connectivity index is 2.76. The molecule has 0 aromatic rings. The Labute approximate surface area is 317 Å². The molecule has 0 radical (unpaired) electrons. The fraction of sp³-hybridized carbons (Fsp3) is 0.938. The molecule has 50 heavy (non-hydrogen) atoms. The maximum atomic E-state index is 2.79. The van der Waals surface area contributed by atoms with Gasteiger partial charge in [-0.3, -0.25) is 0 Å². The summed E-state index contributed by atoms with van der Waals surface area (Å²) in [5, 5.41) is 0. The van der Waals surface area contributed by atoms with Gasteiger partial charge in [-0.2, -0.15) is 4.58 Å². The van der Waals surface area contributed by atoms with E-state index >= 15 is 0 Å². The van der Waals surface area contributed by atoms with Crippen LogP contribution in [0.15, 0.2) is 12.4 Å². The molecule has 1 unspecified atom stereocenters. The van der Waals surface area contributed by atoms with Gasteiger partial charge in [0.05, 0.1) is 19.5 Å². The standard InChI is InChI=1S/C48H96N2/c1-5-9-13-17-21-25-29-33-37-41-46-50(45-40-36-32-28-24-20-16-12-8-4)47-44-49(43-39-35-31-27-23-19-15-11-7-3)48(50)42-38-34-30-26-22-18-14-10-6-2/h44,47H,5-43,45-46H2,1-4H3/q+2. The summed E-state index contributed by atoms with van der Waals surface area (Å²) in [4.78, 5) is 0. The maximum absolute atomic E-state index is 2.79. The summed E-state index contributed by atoms with van der Waals surface area (Å²) in [6.45, 7) is 13.3. The van der Waals surface area contributed by atoms with Crippen LogP contribution in [-0.4, -0.2) is 34.5 Å². The van der Waals surface area contributed by atoms with Crippen molar-refractivity contribution in [1.82, 2.24) is 0 Å². The third-order valence-electron chi connectivity index (χ3n) is 12.0. The molecule has 0 bridgehead atoms. The van der Waals surface area contributed by atoms with Gasteiger partial charge in [0.2, 0.25) is 6.20 Å². The van der Waals surface area contributed by atoms with E-state index in [4.69, 9.17) is 0 Å². The van der Waals surface area contributed by atoms with Gasteiger partial charge in [0, 0.05) is 6.42 Å². The monoisotopic (exact) mass is 701 g/mol. The van der Waals surface area contributed by atoms with E-state index in [1.165, 1.54) is 268 Å². The van der Waals surface area contributed by atoms with E-state index in [9.17, 15) is 0 Å². The highest BCUT2D eigenvalue weighted by molar-refractivity contribution is 5.72. The van der Waals surface area contributed by atoms with Gasteiger partial charge in [-0.15, -0.1) is 0 Å². The van der Waals surface area contributed by atoms with Crippen LogP contribution in [0.3, 0.4) is 0 Å². The average molecular weight is 701 g/mol. The summed E-state index contributed by atoms with van der Waals surface area (Å²) in [5.74, 6) is 1.79. The second-order valence-electron chi connectivity index (χ2n) is 16.8. The molecule has 1 heterocycles. The number of unbranched alkanes of at least 4 members (excludes halogenated alkanes) is 33. The smallest absolute Gasteiger partial charge is 0.209 e. The number of nitrogens with zero attached hydrogens (tertiary/aromatic N) is 2. The molecule has 1 rings (SSSR count). The third kappa shape index (κ3) is 26.2. The van der Waals surface area contributed by atoms with Crippen molar-refractivity contribution in [1.29, 1.82) is 0 Å². The Morgan fingerprint density at radius 1 is 0.340 bits per heavy atom. The normalized spacial score (nSPS) is 16.0. The minimum absolute atomic E-state index is 1.21. The first kappa shape index (κ1) is 47.4. The molecule has 0 aliphatic carbocycles. The van der Waals surface area contributed by atoms with Crippen molar-refractivity contribution >= 4 is 5.84 Å². The van der Waals surface area contributed by atoms with Crippen LogP contribution < -0.4 is 0 Å². The maximum Gasteiger partial charge on any atom is 0.348 e. The van der Waals surface area contributed by atoms with E-state index in [0.29, 0.717) is 0 Å². The van der Waals surface area contributed by atoms with Crippen LogP contribution in [0.4, 0.5) is 0 Å². The molecule has 0 spiro atoms. The molecule has 1 atom stereocenters. The molecular formula is C48H96N2+2. The Bertz CT molecular complexity index is 753. The second kappa shape index (κ2) is 36.7. The molecule has 0 saturated carbocycles. The lowest BCUT2D eigenvalue weighted by atomic mass is 10.0. The van der Waals surface area contributed by atoms with E-state index in [1.807, 2.05) is 0 Å². The van der Waals surface area contributed by atoms with Crippen molar-refractivity contribution in [2.24, 2.45) is 0 Å². The Morgan fingerprint density at radius 3 is 0.960 bits per heavy atom. The van der Waals surface area contributed by atoms with Gasteiger partial charge in [-0.25, -0.2) is 4.48 Å². The van der Waals surface area contributed by atoms with E-state index in [-0.39, 0.29) is 0 Å². The molecule has 1 aliphatic rings. The SMILES string of the molecule is CCCCCCCCCCCC[N+]1(CCCCCCCCCCC)C=C[N+](CCCCCCCCCCC)=C1CCCCCCCCCCC. The highest BCUT2D eigenvalue weighted by atomic mass is 15.4. The number of hydrogen-bond acceptors (Lipinski definition) is 0. The minimum Gasteiger partial charge on any atom is -0.209 e. The lowest BCUT2D eigenvalue weighted by Gasteiger charge is -2.29. The minimum atomic E-state index is 1.21. The summed E-state index contributed by atoms with van der Waals surface area (Å²) in [6.07, 6.45) is 59.6. The lowest BCUT2D eigenvalue weighted by molar-refractivity contribution is -0.801. The van der Waals surface area contributed by atoms with Crippen LogP contribution >= 0.6 is 0 Å². The first-order valence-corrected chi connectivity index (χ1v) is 23.9. The van der Waals surface area contributed by atoms with Crippen LogP contribution in [0.25, 0.3) is 0 Å². The summed E-state index contributed by atoms with van der Waals surface area (Å²) < 4.78 is 4.00. The summed E-state index contributed by atoms with van der Waals surface area (Å²) in [7, 11) is 0. The van der Waals surface area contributed by atoms with Crippen LogP contribution in [0.5, 0.6) is 0 Å². The summed E-state index contributed by atoms with van der Waals surface area (Å²) in [6, 6.07) is 0. The van der Waals surface area contributed by atoms with Crippen molar-refractivity contribution in [3.63, 3.8) is 0 Å². The molecule has 296 valence electrons. The van der Waals surface area contributed by atoms with Crippen molar-refractivity contribution in [2.45, 2.75) is 272 Å². The number of hydrogen-bond donors (Lipinski definition) is 0. The van der Waals surface area contributed by atoms with Crippen molar-refractivity contribution < 1.29 is 9.06 Å². The molecule has 0 N–H and O–H groups in total. The van der Waals surface area contributed by atoms with Crippen molar-refractivity contribution in [3.8, 4) is 0 Å². The summed E-state index contributed by atoms with van der Waals surface area (Å²) in [5.41, 5.74) is 0. The number of quaternary nitrogens is 1. The van der Waals surface area contributed by atoms with Crippen LogP contribution in [0, 0.1) is 0 Å². The predicted octanol–water partition coefficient (Wildman–Crippen LogP) is 16.6. The Hall–Kier alpha value is -0.630.